The number of ketones is 1. The first-order chi connectivity index (χ1) is 10.5. The highest BCUT2D eigenvalue weighted by Crippen LogP contribution is 2.13. The summed E-state index contributed by atoms with van der Waals surface area (Å²) in [5.41, 5.74) is 1.34. The molecule has 0 N–H and O–H groups in total. The van der Waals surface area contributed by atoms with E-state index in [0.717, 1.165) is 5.56 Å². The van der Waals surface area contributed by atoms with Crippen LogP contribution in [-0.2, 0) is 16.1 Å². The van der Waals surface area contributed by atoms with Crippen LogP contribution in [0.2, 0.25) is 10.0 Å². The van der Waals surface area contributed by atoms with Crippen molar-refractivity contribution in [3.63, 3.8) is 0 Å². The highest BCUT2D eigenvalue weighted by atomic mass is 35.5. The van der Waals surface area contributed by atoms with Crippen LogP contribution in [0.1, 0.15) is 28.8 Å². The summed E-state index contributed by atoms with van der Waals surface area (Å²) in [6, 6.07) is 13.7. The Balaban J connectivity index is 1.78. The van der Waals surface area contributed by atoms with Crippen LogP contribution < -0.4 is 0 Å². The third-order valence-corrected chi connectivity index (χ3v) is 3.50. The van der Waals surface area contributed by atoms with Crippen molar-refractivity contribution < 1.29 is 14.3 Å². The van der Waals surface area contributed by atoms with E-state index in [0.29, 0.717) is 15.6 Å². The van der Waals surface area contributed by atoms with Gasteiger partial charge in [0.1, 0.15) is 6.61 Å². The second kappa shape index (κ2) is 7.97. The lowest BCUT2D eigenvalue weighted by Gasteiger charge is -2.05. The minimum atomic E-state index is -0.415. The van der Waals surface area contributed by atoms with Gasteiger partial charge in [-0.05, 0) is 42.0 Å². The summed E-state index contributed by atoms with van der Waals surface area (Å²) in [4.78, 5) is 23.6. The molecule has 0 amide bonds. The molecule has 2 aromatic rings. The maximum Gasteiger partial charge on any atom is 0.306 e. The molecule has 3 nitrogen and oxygen atoms in total. The van der Waals surface area contributed by atoms with E-state index in [4.69, 9.17) is 27.9 Å². The largest absolute Gasteiger partial charge is 0.461 e. The Kier molecular flexibility index (Phi) is 5.99. The lowest BCUT2D eigenvalue weighted by Crippen LogP contribution is -2.08. The van der Waals surface area contributed by atoms with Crippen LogP contribution >= 0.6 is 23.2 Å². The Morgan fingerprint density at radius 2 is 1.64 bits per heavy atom. The third kappa shape index (κ3) is 5.17. The lowest BCUT2D eigenvalue weighted by atomic mass is 10.1. The first-order valence-corrected chi connectivity index (χ1v) is 7.49. The Bertz CT molecular complexity index is 666. The number of halogens is 2. The van der Waals surface area contributed by atoms with Crippen LogP contribution in [0.4, 0.5) is 0 Å². The van der Waals surface area contributed by atoms with E-state index in [9.17, 15) is 9.59 Å². The van der Waals surface area contributed by atoms with Gasteiger partial charge in [0.05, 0.1) is 6.42 Å². The molecule has 0 spiro atoms. The molecule has 0 aliphatic rings. The number of benzene rings is 2. The predicted molar refractivity (Wildman–Crippen MR) is 86.3 cm³/mol. The number of esters is 1. The standard InChI is InChI=1S/C17H14Cl2O3/c18-14-6-4-13(5-7-14)16(20)8-9-17(21)22-11-12-2-1-3-15(19)10-12/h1-7,10H,8-9,11H2. The van der Waals surface area contributed by atoms with Crippen molar-refractivity contribution in [2.45, 2.75) is 19.4 Å². The summed E-state index contributed by atoms with van der Waals surface area (Å²) in [7, 11) is 0. The highest BCUT2D eigenvalue weighted by molar-refractivity contribution is 6.30. The van der Waals surface area contributed by atoms with Crippen molar-refractivity contribution in [3.05, 3.63) is 69.7 Å². The monoisotopic (exact) mass is 336 g/mol. The zero-order chi connectivity index (χ0) is 15.9. The predicted octanol–water partition coefficient (Wildman–Crippen LogP) is 4.70. The third-order valence-electron chi connectivity index (χ3n) is 3.01. The topological polar surface area (TPSA) is 43.4 Å². The van der Waals surface area contributed by atoms with Gasteiger partial charge in [-0.15, -0.1) is 0 Å². The molecule has 5 heteroatoms. The lowest BCUT2D eigenvalue weighted by molar-refractivity contribution is -0.144. The maximum absolute atomic E-state index is 11.9. The van der Waals surface area contributed by atoms with Crippen molar-refractivity contribution in [1.29, 1.82) is 0 Å². The minimum Gasteiger partial charge on any atom is -0.461 e. The van der Waals surface area contributed by atoms with Gasteiger partial charge in [0, 0.05) is 22.0 Å². The fraction of sp³-hybridized carbons (Fsp3) is 0.176. The van der Waals surface area contributed by atoms with Crippen molar-refractivity contribution in [2.24, 2.45) is 0 Å². The van der Waals surface area contributed by atoms with Crippen LogP contribution in [0, 0.1) is 0 Å². The number of rotatable bonds is 6. The Hall–Kier alpha value is -1.84. The molecule has 22 heavy (non-hydrogen) atoms. The van der Waals surface area contributed by atoms with Gasteiger partial charge in [0.25, 0.3) is 0 Å². The molecule has 114 valence electrons. The Morgan fingerprint density at radius 3 is 2.32 bits per heavy atom. The number of hydrogen-bond acceptors (Lipinski definition) is 3. The fourth-order valence-corrected chi connectivity index (χ4v) is 2.20. The first kappa shape index (κ1) is 16.5. The molecule has 2 aromatic carbocycles. The molecule has 0 saturated heterocycles. The zero-order valence-electron chi connectivity index (χ0n) is 11.7. The summed E-state index contributed by atoms with van der Waals surface area (Å²) in [6.07, 6.45) is 0.151. The van der Waals surface area contributed by atoms with Crippen molar-refractivity contribution in [1.82, 2.24) is 0 Å². The summed E-state index contributed by atoms with van der Waals surface area (Å²) < 4.78 is 5.12. The number of Topliss-reactive ketones (excluding diaryl/α,β-unsaturated/α-hetero) is 1. The summed E-state index contributed by atoms with van der Waals surface area (Å²) >= 11 is 11.6. The zero-order valence-corrected chi connectivity index (χ0v) is 13.2. The number of hydrogen-bond donors (Lipinski definition) is 0. The van der Waals surface area contributed by atoms with Crippen LogP contribution in [0.15, 0.2) is 48.5 Å². The van der Waals surface area contributed by atoms with Gasteiger partial charge in [0.2, 0.25) is 0 Å². The van der Waals surface area contributed by atoms with Crippen LogP contribution in [0.5, 0.6) is 0 Å². The highest BCUT2D eigenvalue weighted by Gasteiger charge is 2.10. The second-order valence-corrected chi connectivity index (χ2v) is 5.59. The van der Waals surface area contributed by atoms with Gasteiger partial charge < -0.3 is 4.74 Å². The molecule has 0 aliphatic carbocycles. The van der Waals surface area contributed by atoms with Crippen molar-refractivity contribution in [3.8, 4) is 0 Å². The number of carbonyl (C=O) groups excluding carboxylic acids is 2. The molecule has 0 heterocycles. The summed E-state index contributed by atoms with van der Waals surface area (Å²) in [6.45, 7) is 0.147. The van der Waals surface area contributed by atoms with E-state index in [1.807, 2.05) is 6.07 Å². The van der Waals surface area contributed by atoms with Gasteiger partial charge >= 0.3 is 5.97 Å². The summed E-state index contributed by atoms with van der Waals surface area (Å²) in [5.74, 6) is -0.529. The molecule has 0 atom stereocenters. The quantitative estimate of drug-likeness (QED) is 0.567. The average Bonchev–Trinajstić information content (AvgIpc) is 2.51. The van der Waals surface area contributed by atoms with Gasteiger partial charge in [0.15, 0.2) is 5.78 Å². The van der Waals surface area contributed by atoms with Gasteiger partial charge in [-0.2, -0.15) is 0 Å². The van der Waals surface area contributed by atoms with Crippen molar-refractivity contribution in [2.75, 3.05) is 0 Å². The first-order valence-electron chi connectivity index (χ1n) is 6.73. The minimum absolute atomic E-state index is 0.0437. The molecule has 0 aromatic heterocycles. The van der Waals surface area contributed by atoms with E-state index in [2.05, 4.69) is 0 Å². The molecule has 0 radical (unpaired) electrons. The van der Waals surface area contributed by atoms with E-state index >= 15 is 0 Å². The average molecular weight is 337 g/mol. The second-order valence-electron chi connectivity index (χ2n) is 4.72. The molecule has 0 bridgehead atoms. The molecule has 0 unspecified atom stereocenters. The van der Waals surface area contributed by atoms with Crippen LogP contribution in [0.3, 0.4) is 0 Å². The van der Waals surface area contributed by atoms with Crippen LogP contribution in [0.25, 0.3) is 0 Å². The number of carbonyl (C=O) groups is 2. The molecular formula is C17H14Cl2O3. The van der Waals surface area contributed by atoms with E-state index in [-0.39, 0.29) is 25.2 Å². The molecular weight excluding hydrogens is 323 g/mol. The fourth-order valence-electron chi connectivity index (χ4n) is 1.86. The Morgan fingerprint density at radius 1 is 0.909 bits per heavy atom. The van der Waals surface area contributed by atoms with Crippen LogP contribution in [-0.4, -0.2) is 11.8 Å². The van der Waals surface area contributed by atoms with E-state index in [1.165, 1.54) is 0 Å². The van der Waals surface area contributed by atoms with Gasteiger partial charge in [-0.25, -0.2) is 0 Å². The normalized spacial score (nSPS) is 10.3. The molecule has 0 aliphatic heterocycles. The van der Waals surface area contributed by atoms with Crippen molar-refractivity contribution >= 4 is 35.0 Å². The van der Waals surface area contributed by atoms with E-state index < -0.39 is 5.97 Å². The van der Waals surface area contributed by atoms with Gasteiger partial charge in [-0.3, -0.25) is 9.59 Å². The number of ether oxygens (including phenoxy) is 1. The smallest absolute Gasteiger partial charge is 0.306 e. The molecule has 0 saturated carbocycles. The van der Waals surface area contributed by atoms with E-state index in [1.54, 1.807) is 42.5 Å². The molecule has 0 fully saturated rings. The molecule has 2 rings (SSSR count). The maximum atomic E-state index is 11.9. The SMILES string of the molecule is O=C(CCC(=O)c1ccc(Cl)cc1)OCc1cccc(Cl)c1. The van der Waals surface area contributed by atoms with Gasteiger partial charge in [-0.1, -0.05) is 35.3 Å². The summed E-state index contributed by atoms with van der Waals surface area (Å²) in [5, 5.41) is 1.16. The Labute approximate surface area is 138 Å².